The summed E-state index contributed by atoms with van der Waals surface area (Å²) in [7, 11) is 0. The topological polar surface area (TPSA) is 37.0 Å². The molecule has 0 bridgehead atoms. The van der Waals surface area contributed by atoms with E-state index in [0.29, 0.717) is 17.9 Å². The first-order valence-corrected chi connectivity index (χ1v) is 6.88. The minimum absolute atomic E-state index is 0.208. The number of hydrogen-bond acceptors (Lipinski definition) is 2. The molecule has 1 aliphatic heterocycles. The van der Waals surface area contributed by atoms with Gasteiger partial charge in [0, 0.05) is 29.1 Å². The van der Waals surface area contributed by atoms with E-state index in [1.165, 1.54) is 10.9 Å². The number of ether oxygens (including phenoxy) is 1. The molecule has 0 unspecified atom stereocenters. The molecule has 0 spiro atoms. The van der Waals surface area contributed by atoms with Gasteiger partial charge in [0.05, 0.1) is 12.1 Å². The summed E-state index contributed by atoms with van der Waals surface area (Å²) in [5.74, 6) is 0.259. The molecule has 1 aromatic carbocycles. The molecule has 0 atom stereocenters. The quantitative estimate of drug-likeness (QED) is 0.831. The van der Waals surface area contributed by atoms with Crippen molar-refractivity contribution in [1.29, 1.82) is 0 Å². The highest BCUT2D eigenvalue weighted by Gasteiger charge is 2.25. The second kappa shape index (κ2) is 4.85. The van der Waals surface area contributed by atoms with E-state index in [1.807, 2.05) is 13.1 Å². The van der Waals surface area contributed by atoms with Crippen LogP contribution in [0.1, 0.15) is 23.6 Å². The third-order valence-electron chi connectivity index (χ3n) is 3.86. The maximum Gasteiger partial charge on any atom is 0.170 e. The van der Waals surface area contributed by atoms with Crippen LogP contribution in [0.25, 0.3) is 10.9 Å². The van der Waals surface area contributed by atoms with Crippen molar-refractivity contribution >= 4 is 10.9 Å². The number of nitrogens with one attached hydrogen (secondary N) is 2. The third-order valence-corrected chi connectivity index (χ3v) is 3.86. The summed E-state index contributed by atoms with van der Waals surface area (Å²) in [5.41, 5.74) is 3.87. The molecule has 0 aliphatic carbocycles. The van der Waals surface area contributed by atoms with Crippen LogP contribution in [0.15, 0.2) is 6.20 Å². The number of fused-ring (bicyclic) bond motifs is 3. The lowest BCUT2D eigenvalue weighted by atomic mass is 9.99. The summed E-state index contributed by atoms with van der Waals surface area (Å²) < 4.78 is 19.7. The van der Waals surface area contributed by atoms with Gasteiger partial charge in [-0.05, 0) is 32.0 Å². The summed E-state index contributed by atoms with van der Waals surface area (Å²) >= 11 is 0. The summed E-state index contributed by atoms with van der Waals surface area (Å²) in [4.78, 5) is 3.23. The summed E-state index contributed by atoms with van der Waals surface area (Å²) in [5, 5.41) is 4.50. The lowest BCUT2D eigenvalue weighted by Crippen LogP contribution is -2.15. The molecule has 19 heavy (non-hydrogen) atoms. The normalized spacial score (nSPS) is 13.8. The van der Waals surface area contributed by atoms with Gasteiger partial charge in [0.25, 0.3) is 0 Å². The second-order valence-electron chi connectivity index (χ2n) is 5.01. The molecule has 0 radical (unpaired) electrons. The highest BCUT2D eigenvalue weighted by atomic mass is 19.1. The Morgan fingerprint density at radius 2 is 2.32 bits per heavy atom. The Kier molecular flexibility index (Phi) is 3.19. The van der Waals surface area contributed by atoms with Crippen molar-refractivity contribution in [2.45, 2.75) is 26.7 Å². The lowest BCUT2D eigenvalue weighted by molar-refractivity contribution is 0.338. The Balaban J connectivity index is 2.11. The van der Waals surface area contributed by atoms with Gasteiger partial charge in [-0.15, -0.1) is 0 Å². The molecule has 2 aromatic rings. The summed E-state index contributed by atoms with van der Waals surface area (Å²) in [6, 6.07) is 0. The van der Waals surface area contributed by atoms with Crippen molar-refractivity contribution in [1.82, 2.24) is 10.3 Å². The Bertz CT molecular complexity index is 618. The fourth-order valence-electron chi connectivity index (χ4n) is 2.87. The van der Waals surface area contributed by atoms with E-state index >= 15 is 0 Å². The van der Waals surface area contributed by atoms with Crippen LogP contribution in [0.5, 0.6) is 5.75 Å². The number of aromatic amines is 1. The average Bonchev–Trinajstić information content (AvgIpc) is 3.02. The third kappa shape index (κ3) is 1.91. The first-order valence-electron chi connectivity index (χ1n) is 6.88. The first-order chi connectivity index (χ1) is 9.24. The molecule has 1 aliphatic rings. The van der Waals surface area contributed by atoms with E-state index < -0.39 is 0 Å². The summed E-state index contributed by atoms with van der Waals surface area (Å²) in [6.07, 6.45) is 3.76. The van der Waals surface area contributed by atoms with Crippen LogP contribution in [0.4, 0.5) is 4.39 Å². The number of aromatic nitrogens is 1. The van der Waals surface area contributed by atoms with Gasteiger partial charge >= 0.3 is 0 Å². The van der Waals surface area contributed by atoms with Crippen molar-refractivity contribution in [3.63, 3.8) is 0 Å². The van der Waals surface area contributed by atoms with E-state index in [0.717, 1.165) is 37.0 Å². The highest BCUT2D eigenvalue weighted by molar-refractivity contribution is 5.92. The van der Waals surface area contributed by atoms with Gasteiger partial charge < -0.3 is 15.0 Å². The van der Waals surface area contributed by atoms with Crippen LogP contribution in [-0.4, -0.2) is 24.7 Å². The van der Waals surface area contributed by atoms with Gasteiger partial charge in [-0.3, -0.25) is 0 Å². The fourth-order valence-corrected chi connectivity index (χ4v) is 2.87. The second-order valence-corrected chi connectivity index (χ2v) is 5.01. The first kappa shape index (κ1) is 12.5. The van der Waals surface area contributed by atoms with E-state index in [2.05, 4.69) is 17.2 Å². The molecule has 2 heterocycles. The molecule has 3 nitrogen and oxygen atoms in total. The lowest BCUT2D eigenvalue weighted by Gasteiger charge is -2.08. The molecule has 2 N–H and O–H groups in total. The van der Waals surface area contributed by atoms with Crippen LogP contribution in [-0.2, 0) is 12.8 Å². The SMILES string of the molecule is CCNCCc1c[nH]c2c(C)c(F)c3c(c12)CCO3. The number of H-pyrrole nitrogens is 1. The number of aryl methyl sites for hydroxylation is 1. The van der Waals surface area contributed by atoms with E-state index in [4.69, 9.17) is 4.74 Å². The zero-order valence-corrected chi connectivity index (χ0v) is 11.4. The predicted octanol–water partition coefficient (Wildman–Crippen LogP) is 2.70. The number of rotatable bonds is 4. The van der Waals surface area contributed by atoms with Crippen LogP contribution in [0, 0.1) is 12.7 Å². The van der Waals surface area contributed by atoms with Gasteiger partial charge in [-0.25, -0.2) is 4.39 Å². The highest BCUT2D eigenvalue weighted by Crippen LogP contribution is 2.39. The Morgan fingerprint density at radius 1 is 1.47 bits per heavy atom. The van der Waals surface area contributed by atoms with Crippen LogP contribution in [0.3, 0.4) is 0 Å². The molecule has 102 valence electrons. The predicted molar refractivity (Wildman–Crippen MR) is 74.4 cm³/mol. The minimum atomic E-state index is -0.208. The van der Waals surface area contributed by atoms with Crippen molar-refractivity contribution < 1.29 is 9.13 Å². The van der Waals surface area contributed by atoms with Crippen molar-refractivity contribution in [2.75, 3.05) is 19.7 Å². The van der Waals surface area contributed by atoms with Gasteiger partial charge in [0.1, 0.15) is 0 Å². The van der Waals surface area contributed by atoms with Gasteiger partial charge in [0.15, 0.2) is 11.6 Å². The standard InChI is InChI=1S/C15H19FN2O/c1-3-17-6-4-10-8-18-14-9(2)13(16)15-11(12(10)14)5-7-19-15/h8,17-18H,3-7H2,1-2H3. The van der Waals surface area contributed by atoms with Crippen molar-refractivity contribution in [2.24, 2.45) is 0 Å². The molecule has 4 heteroatoms. The largest absolute Gasteiger partial charge is 0.490 e. The zero-order chi connectivity index (χ0) is 13.4. The molecule has 0 saturated carbocycles. The average molecular weight is 262 g/mol. The van der Waals surface area contributed by atoms with Crippen molar-refractivity contribution in [3.8, 4) is 5.75 Å². The molecule has 3 rings (SSSR count). The van der Waals surface area contributed by atoms with Gasteiger partial charge in [0.2, 0.25) is 0 Å². The van der Waals surface area contributed by atoms with E-state index in [9.17, 15) is 4.39 Å². The fraction of sp³-hybridized carbons (Fsp3) is 0.467. The Morgan fingerprint density at radius 3 is 3.11 bits per heavy atom. The molecule has 0 saturated heterocycles. The zero-order valence-electron chi connectivity index (χ0n) is 11.4. The minimum Gasteiger partial charge on any atom is -0.490 e. The monoisotopic (exact) mass is 262 g/mol. The Labute approximate surface area is 112 Å². The summed E-state index contributed by atoms with van der Waals surface area (Å²) in [6.45, 7) is 6.40. The van der Waals surface area contributed by atoms with E-state index in [1.54, 1.807) is 0 Å². The molecule has 0 fully saturated rings. The maximum absolute atomic E-state index is 14.2. The van der Waals surface area contributed by atoms with Gasteiger partial charge in [-0.2, -0.15) is 0 Å². The molecular weight excluding hydrogens is 243 g/mol. The molecule has 0 amide bonds. The molecular formula is C15H19FN2O. The smallest absolute Gasteiger partial charge is 0.170 e. The number of hydrogen-bond donors (Lipinski definition) is 2. The number of benzene rings is 1. The number of halogens is 1. The number of likely N-dealkylation sites (N-methyl/N-ethyl adjacent to an activating group) is 1. The van der Waals surface area contributed by atoms with Crippen LogP contribution >= 0.6 is 0 Å². The maximum atomic E-state index is 14.2. The van der Waals surface area contributed by atoms with Crippen LogP contribution < -0.4 is 10.1 Å². The Hall–Kier alpha value is -1.55. The van der Waals surface area contributed by atoms with Crippen molar-refractivity contribution in [3.05, 3.63) is 28.7 Å². The van der Waals surface area contributed by atoms with E-state index in [-0.39, 0.29) is 5.82 Å². The molecule has 1 aromatic heterocycles. The van der Waals surface area contributed by atoms with Crippen LogP contribution in [0.2, 0.25) is 0 Å². The van der Waals surface area contributed by atoms with Gasteiger partial charge in [-0.1, -0.05) is 6.92 Å².